The van der Waals surface area contributed by atoms with Crippen LogP contribution in [-0.4, -0.2) is 70.6 Å². The number of carbonyl (C=O) groups excluding carboxylic acids is 2. The highest BCUT2D eigenvalue weighted by Gasteiger charge is 2.23. The van der Waals surface area contributed by atoms with Gasteiger partial charge in [-0.05, 0) is 60.0 Å². The third-order valence-electron chi connectivity index (χ3n) is 8.38. The molecule has 3 heterocycles. The number of methoxy groups -OCH3 is 1. The SMILES string of the molecule is COc1ccc2cc1OCCCN(Cc1cccc(OCc3ccccn3)c1)CC(=O)N[C@@H](Cc1ccccc1)C(=O)NCCn1ccnc1-2. The molecule has 0 saturated carbocycles. The van der Waals surface area contributed by atoms with E-state index in [-0.39, 0.29) is 18.4 Å². The standard InChI is InChI=1S/C39H42N6O5/c1-48-35-15-14-31-25-36(35)49-22-8-19-44(26-30-11-7-13-33(23-30)50-28-32-12-5-6-16-40-32)27-37(46)43-34(24-29-9-3-2-4-10-29)39(47)42-18-21-45-20-17-41-38(31)45/h2-7,9-17,20,23,25,34H,8,18-19,21-22,24,26-28H2,1H3,(H,42,47)(H,43,46)/t34-/m0/s1. The van der Waals surface area contributed by atoms with Crippen molar-refractivity contribution < 1.29 is 23.8 Å². The average molecular weight is 675 g/mol. The second-order valence-corrected chi connectivity index (χ2v) is 12.1. The van der Waals surface area contributed by atoms with Crippen LogP contribution in [0.15, 0.2) is 110 Å². The minimum Gasteiger partial charge on any atom is -0.493 e. The lowest BCUT2D eigenvalue weighted by Gasteiger charge is -2.25. The van der Waals surface area contributed by atoms with Crippen LogP contribution >= 0.6 is 0 Å². The molecule has 2 N–H and O–H groups in total. The Morgan fingerprint density at radius 3 is 2.60 bits per heavy atom. The zero-order chi connectivity index (χ0) is 34.5. The number of hydrogen-bond acceptors (Lipinski definition) is 8. The molecule has 3 aromatic carbocycles. The number of carbonyl (C=O) groups is 2. The van der Waals surface area contributed by atoms with Gasteiger partial charge in [-0.15, -0.1) is 0 Å². The van der Waals surface area contributed by atoms with E-state index in [0.717, 1.165) is 34.0 Å². The van der Waals surface area contributed by atoms with Gasteiger partial charge in [-0.2, -0.15) is 0 Å². The van der Waals surface area contributed by atoms with Crippen LogP contribution in [0.3, 0.4) is 0 Å². The van der Waals surface area contributed by atoms with E-state index >= 15 is 0 Å². The molecular weight excluding hydrogens is 632 g/mol. The zero-order valence-electron chi connectivity index (χ0n) is 28.2. The van der Waals surface area contributed by atoms with Crippen LogP contribution in [0.1, 0.15) is 23.2 Å². The van der Waals surface area contributed by atoms with Crippen molar-refractivity contribution in [1.29, 1.82) is 0 Å². The molecule has 11 nitrogen and oxygen atoms in total. The maximum Gasteiger partial charge on any atom is 0.242 e. The first-order valence-corrected chi connectivity index (χ1v) is 16.8. The van der Waals surface area contributed by atoms with Gasteiger partial charge in [0.2, 0.25) is 11.8 Å². The van der Waals surface area contributed by atoms with Crippen molar-refractivity contribution in [3.8, 4) is 28.6 Å². The number of nitrogens with zero attached hydrogens (tertiary/aromatic N) is 4. The molecule has 1 atom stereocenters. The highest BCUT2D eigenvalue weighted by molar-refractivity contribution is 5.88. The van der Waals surface area contributed by atoms with Crippen molar-refractivity contribution in [3.05, 3.63) is 126 Å². The number of amides is 2. The molecule has 50 heavy (non-hydrogen) atoms. The highest BCUT2D eigenvalue weighted by Crippen LogP contribution is 2.32. The van der Waals surface area contributed by atoms with Crippen LogP contribution in [0.2, 0.25) is 0 Å². The molecule has 1 aliphatic heterocycles. The van der Waals surface area contributed by atoms with E-state index in [1.165, 1.54) is 0 Å². The van der Waals surface area contributed by atoms with Crippen molar-refractivity contribution in [2.24, 2.45) is 0 Å². The van der Waals surface area contributed by atoms with Gasteiger partial charge in [-0.1, -0.05) is 48.5 Å². The third-order valence-corrected chi connectivity index (χ3v) is 8.38. The number of pyridine rings is 1. The molecule has 0 radical (unpaired) electrons. The predicted octanol–water partition coefficient (Wildman–Crippen LogP) is 4.66. The number of ether oxygens (including phenoxy) is 3. The van der Waals surface area contributed by atoms with Gasteiger partial charge >= 0.3 is 0 Å². The van der Waals surface area contributed by atoms with Gasteiger partial charge in [-0.3, -0.25) is 19.5 Å². The maximum atomic E-state index is 13.7. The number of hydrogen-bond donors (Lipinski definition) is 2. The molecular formula is C39H42N6O5. The monoisotopic (exact) mass is 674 g/mol. The van der Waals surface area contributed by atoms with Crippen molar-refractivity contribution in [3.63, 3.8) is 0 Å². The summed E-state index contributed by atoms with van der Waals surface area (Å²) in [4.78, 5) is 38.2. The van der Waals surface area contributed by atoms with E-state index in [1.807, 2.05) is 102 Å². The summed E-state index contributed by atoms with van der Waals surface area (Å²) in [6.45, 7) is 2.75. The van der Waals surface area contributed by atoms with E-state index in [1.54, 1.807) is 19.5 Å². The lowest BCUT2D eigenvalue weighted by molar-refractivity contribution is -0.129. The van der Waals surface area contributed by atoms with Crippen molar-refractivity contribution >= 4 is 11.8 Å². The van der Waals surface area contributed by atoms with Crippen LogP contribution in [-0.2, 0) is 35.7 Å². The predicted molar refractivity (Wildman–Crippen MR) is 190 cm³/mol. The molecule has 1 aliphatic rings. The van der Waals surface area contributed by atoms with Crippen molar-refractivity contribution in [2.75, 3.05) is 33.4 Å². The molecule has 258 valence electrons. The highest BCUT2D eigenvalue weighted by atomic mass is 16.5. The second kappa shape index (κ2) is 17.1. The van der Waals surface area contributed by atoms with Gasteiger partial charge in [0, 0.05) is 56.8 Å². The summed E-state index contributed by atoms with van der Waals surface area (Å²) in [5, 5.41) is 6.06. The fraction of sp³-hybridized carbons (Fsp3) is 0.282. The van der Waals surface area contributed by atoms with E-state index in [2.05, 4.69) is 25.5 Å². The number of nitrogens with one attached hydrogen (secondary N) is 2. The smallest absolute Gasteiger partial charge is 0.242 e. The molecule has 11 heteroatoms. The minimum absolute atomic E-state index is 0.0921. The number of fused-ring (bicyclic) bond motifs is 4. The number of benzene rings is 3. The maximum absolute atomic E-state index is 13.7. The first-order valence-electron chi connectivity index (χ1n) is 16.8. The van der Waals surface area contributed by atoms with Gasteiger partial charge in [-0.25, -0.2) is 4.98 Å². The van der Waals surface area contributed by atoms with Gasteiger partial charge in [0.1, 0.15) is 24.2 Å². The Hall–Kier alpha value is -5.68. The summed E-state index contributed by atoms with van der Waals surface area (Å²) in [5.41, 5.74) is 3.66. The van der Waals surface area contributed by atoms with Gasteiger partial charge in [0.05, 0.1) is 26.0 Å². The van der Waals surface area contributed by atoms with Crippen LogP contribution in [0.5, 0.6) is 17.2 Å². The van der Waals surface area contributed by atoms with Crippen LogP contribution < -0.4 is 24.8 Å². The fourth-order valence-electron chi connectivity index (χ4n) is 5.92. The summed E-state index contributed by atoms with van der Waals surface area (Å²) in [6, 6.07) is 28.3. The quantitative estimate of drug-likeness (QED) is 0.244. The molecule has 2 amide bonds. The molecule has 6 rings (SSSR count). The lowest BCUT2D eigenvalue weighted by atomic mass is 10.1. The average Bonchev–Trinajstić information content (AvgIpc) is 3.61. The molecule has 0 spiro atoms. The summed E-state index contributed by atoms with van der Waals surface area (Å²) in [5.74, 6) is 2.22. The van der Waals surface area contributed by atoms with Crippen LogP contribution in [0, 0.1) is 0 Å². The lowest BCUT2D eigenvalue weighted by Crippen LogP contribution is -2.51. The summed E-state index contributed by atoms with van der Waals surface area (Å²) >= 11 is 0. The van der Waals surface area contributed by atoms with Crippen LogP contribution in [0.25, 0.3) is 11.4 Å². The van der Waals surface area contributed by atoms with Crippen molar-refractivity contribution in [1.82, 2.24) is 30.1 Å². The third kappa shape index (κ3) is 9.48. The Bertz CT molecular complexity index is 1850. The molecule has 2 bridgehead atoms. The first kappa shape index (κ1) is 34.2. The van der Waals surface area contributed by atoms with E-state index in [4.69, 9.17) is 14.2 Å². The number of imidazole rings is 1. The van der Waals surface area contributed by atoms with E-state index in [0.29, 0.717) is 63.7 Å². The largest absolute Gasteiger partial charge is 0.493 e. The topological polar surface area (TPSA) is 120 Å². The fourth-order valence-corrected chi connectivity index (χ4v) is 5.92. The molecule has 0 saturated heterocycles. The second-order valence-electron chi connectivity index (χ2n) is 12.1. The Kier molecular flexibility index (Phi) is 11.7. The van der Waals surface area contributed by atoms with Gasteiger partial charge in [0.15, 0.2) is 11.5 Å². The number of rotatable bonds is 8. The number of aromatic nitrogens is 3. The zero-order valence-corrected chi connectivity index (χ0v) is 28.2. The van der Waals surface area contributed by atoms with Gasteiger partial charge < -0.3 is 29.4 Å². The minimum atomic E-state index is -0.747. The van der Waals surface area contributed by atoms with Crippen molar-refractivity contribution in [2.45, 2.75) is 38.6 Å². The van der Waals surface area contributed by atoms with Crippen LogP contribution in [0.4, 0.5) is 0 Å². The molecule has 0 unspecified atom stereocenters. The summed E-state index contributed by atoms with van der Waals surface area (Å²) in [6.07, 6.45) is 6.36. The normalized spacial score (nSPS) is 16.1. The Balaban J connectivity index is 1.23. The Labute approximate surface area is 292 Å². The summed E-state index contributed by atoms with van der Waals surface area (Å²) < 4.78 is 19.8. The Morgan fingerprint density at radius 1 is 0.900 bits per heavy atom. The van der Waals surface area contributed by atoms with E-state index in [9.17, 15) is 9.59 Å². The first-order chi connectivity index (χ1) is 24.5. The van der Waals surface area contributed by atoms with Gasteiger partial charge in [0.25, 0.3) is 0 Å². The molecule has 2 aromatic heterocycles. The molecule has 0 fully saturated rings. The molecule has 5 aromatic rings. The summed E-state index contributed by atoms with van der Waals surface area (Å²) in [7, 11) is 1.61. The Morgan fingerprint density at radius 2 is 1.76 bits per heavy atom. The van der Waals surface area contributed by atoms with E-state index < -0.39 is 6.04 Å². The molecule has 0 aliphatic carbocycles.